The number of thioether (sulfide) groups is 1. The third-order valence-corrected chi connectivity index (χ3v) is 5.94. The van der Waals surface area contributed by atoms with Gasteiger partial charge in [0.1, 0.15) is 5.82 Å². The molecule has 158 valence electrons. The van der Waals surface area contributed by atoms with Gasteiger partial charge in [-0.2, -0.15) is 9.78 Å². The van der Waals surface area contributed by atoms with E-state index in [0.29, 0.717) is 17.5 Å². The largest absolute Gasteiger partial charge is 0.310 e. The summed E-state index contributed by atoms with van der Waals surface area (Å²) < 4.78 is 3.47. The van der Waals surface area contributed by atoms with Crippen molar-refractivity contribution in [3.05, 3.63) is 77.5 Å². The van der Waals surface area contributed by atoms with Crippen LogP contribution in [0.4, 0.5) is 5.82 Å². The number of nitrogens with one attached hydrogen (secondary N) is 1. The number of aryl methyl sites for hydroxylation is 3. The Balaban J connectivity index is 1.37. The highest BCUT2D eigenvalue weighted by molar-refractivity contribution is 7.99. The lowest BCUT2D eigenvalue weighted by molar-refractivity contribution is -0.113. The minimum Gasteiger partial charge on any atom is -0.310 e. The van der Waals surface area contributed by atoms with Gasteiger partial charge in [-0.05, 0) is 53.5 Å². The van der Waals surface area contributed by atoms with Gasteiger partial charge in [0.25, 0.3) is 0 Å². The molecule has 0 atom stereocenters. The average molecular weight is 434 g/mol. The second kappa shape index (κ2) is 9.57. The van der Waals surface area contributed by atoms with Gasteiger partial charge in [0.15, 0.2) is 0 Å². The van der Waals surface area contributed by atoms with Crippen LogP contribution in [0.5, 0.6) is 0 Å². The average Bonchev–Trinajstić information content (AvgIpc) is 3.43. The number of nitrogens with zero attached hydrogens (tertiary/aromatic N) is 6. The van der Waals surface area contributed by atoms with Crippen LogP contribution in [0.2, 0.25) is 0 Å². The molecule has 0 aliphatic heterocycles. The third kappa shape index (κ3) is 5.00. The number of hydrogen-bond donors (Lipinski definition) is 1. The fourth-order valence-corrected chi connectivity index (χ4v) is 3.87. The number of anilines is 1. The van der Waals surface area contributed by atoms with Gasteiger partial charge >= 0.3 is 0 Å². The molecule has 4 rings (SSSR count). The normalized spacial score (nSPS) is 10.9. The van der Waals surface area contributed by atoms with Crippen LogP contribution in [-0.4, -0.2) is 41.6 Å². The maximum atomic E-state index is 12.6. The molecule has 2 heterocycles. The molecule has 0 fully saturated rings. The summed E-state index contributed by atoms with van der Waals surface area (Å²) in [7, 11) is 0. The molecule has 0 saturated carbocycles. The molecule has 4 aromatic rings. The molecule has 2 aromatic carbocycles. The molecule has 0 unspecified atom stereocenters. The Morgan fingerprint density at radius 1 is 1.06 bits per heavy atom. The minimum atomic E-state index is -0.137. The van der Waals surface area contributed by atoms with Crippen LogP contribution in [0, 0.1) is 13.8 Å². The van der Waals surface area contributed by atoms with Crippen LogP contribution in [0.25, 0.3) is 5.69 Å². The lowest BCUT2D eigenvalue weighted by atomic mass is 10.1. The summed E-state index contributed by atoms with van der Waals surface area (Å²) in [6, 6.07) is 18.0. The van der Waals surface area contributed by atoms with Crippen LogP contribution in [0.3, 0.4) is 0 Å². The predicted octanol–water partition coefficient (Wildman–Crippen LogP) is 3.45. The topological polar surface area (TPSA) is 90.5 Å². The maximum absolute atomic E-state index is 12.6. The van der Waals surface area contributed by atoms with Gasteiger partial charge in [0, 0.05) is 12.6 Å². The third-order valence-electron chi connectivity index (χ3n) is 5.02. The van der Waals surface area contributed by atoms with E-state index in [2.05, 4.69) is 38.1 Å². The zero-order valence-electron chi connectivity index (χ0n) is 17.4. The van der Waals surface area contributed by atoms with Crippen molar-refractivity contribution < 1.29 is 4.79 Å². The Bertz CT molecular complexity index is 1170. The van der Waals surface area contributed by atoms with Crippen LogP contribution < -0.4 is 5.32 Å². The van der Waals surface area contributed by atoms with E-state index in [1.165, 1.54) is 17.3 Å². The fraction of sp³-hybridized carbons (Fsp3) is 0.227. The minimum absolute atomic E-state index is 0.137. The van der Waals surface area contributed by atoms with Gasteiger partial charge < -0.3 is 5.32 Å². The van der Waals surface area contributed by atoms with Gasteiger partial charge in [0.05, 0.1) is 17.6 Å². The van der Waals surface area contributed by atoms with E-state index in [1.54, 1.807) is 21.6 Å². The highest BCUT2D eigenvalue weighted by atomic mass is 32.2. The van der Waals surface area contributed by atoms with Crippen LogP contribution in [0.15, 0.2) is 66.0 Å². The summed E-state index contributed by atoms with van der Waals surface area (Å²) in [5.41, 5.74) is 4.39. The Morgan fingerprint density at radius 2 is 1.90 bits per heavy atom. The summed E-state index contributed by atoms with van der Waals surface area (Å²) in [4.78, 5) is 12.6. The number of aromatic nitrogens is 6. The van der Waals surface area contributed by atoms with Crippen LogP contribution in [-0.2, 0) is 17.8 Å². The van der Waals surface area contributed by atoms with E-state index in [-0.39, 0.29) is 11.7 Å². The highest BCUT2D eigenvalue weighted by Crippen LogP contribution is 2.22. The first-order chi connectivity index (χ1) is 15.1. The summed E-state index contributed by atoms with van der Waals surface area (Å²) in [5, 5.41) is 19.8. The Labute approximate surface area is 184 Å². The van der Waals surface area contributed by atoms with Crippen molar-refractivity contribution in [1.82, 2.24) is 30.0 Å². The number of benzene rings is 2. The van der Waals surface area contributed by atoms with Crippen molar-refractivity contribution in [3.63, 3.8) is 0 Å². The van der Waals surface area contributed by atoms with Gasteiger partial charge in [-0.1, -0.05) is 54.2 Å². The number of rotatable bonds is 8. The summed E-state index contributed by atoms with van der Waals surface area (Å²) in [5.74, 6) is 0.729. The second-order valence-corrected chi connectivity index (χ2v) is 8.05. The van der Waals surface area contributed by atoms with Crippen LogP contribution in [0.1, 0.15) is 16.7 Å². The molecular weight excluding hydrogens is 410 g/mol. The number of carbonyl (C=O) groups is 1. The first-order valence-electron chi connectivity index (χ1n) is 9.95. The highest BCUT2D eigenvalue weighted by Gasteiger charge is 2.15. The molecule has 0 spiro atoms. The van der Waals surface area contributed by atoms with Gasteiger partial charge in [0.2, 0.25) is 11.1 Å². The van der Waals surface area contributed by atoms with Crippen molar-refractivity contribution in [2.45, 2.75) is 32.0 Å². The van der Waals surface area contributed by atoms with Gasteiger partial charge in [-0.25, -0.2) is 4.68 Å². The summed E-state index contributed by atoms with van der Waals surface area (Å²) in [6.45, 7) is 4.76. The first-order valence-corrected chi connectivity index (χ1v) is 10.9. The summed E-state index contributed by atoms with van der Waals surface area (Å²) in [6.07, 6.45) is 2.53. The van der Waals surface area contributed by atoms with Crippen molar-refractivity contribution in [2.24, 2.45) is 0 Å². The molecule has 0 saturated heterocycles. The number of amides is 1. The van der Waals surface area contributed by atoms with E-state index in [0.717, 1.165) is 23.2 Å². The van der Waals surface area contributed by atoms with E-state index in [4.69, 9.17) is 0 Å². The second-order valence-electron chi connectivity index (χ2n) is 7.10. The van der Waals surface area contributed by atoms with Crippen molar-refractivity contribution >= 4 is 23.5 Å². The fourth-order valence-electron chi connectivity index (χ4n) is 3.19. The molecule has 0 aliphatic rings. The van der Waals surface area contributed by atoms with Crippen LogP contribution >= 0.6 is 11.8 Å². The molecule has 1 N–H and O–H groups in total. The zero-order chi connectivity index (χ0) is 21.6. The smallest absolute Gasteiger partial charge is 0.235 e. The molecule has 31 heavy (non-hydrogen) atoms. The lowest BCUT2D eigenvalue weighted by Crippen LogP contribution is -2.18. The van der Waals surface area contributed by atoms with Gasteiger partial charge in [-0.15, -0.1) is 5.10 Å². The Kier molecular flexibility index (Phi) is 6.42. The SMILES string of the molecule is Cc1cccc(-n2nnnc2SCC(=O)Nc2ccnn2CCc2ccccc2)c1C. The number of carbonyl (C=O) groups excluding carboxylic acids is 1. The molecule has 1 amide bonds. The number of hydrogen-bond acceptors (Lipinski definition) is 6. The maximum Gasteiger partial charge on any atom is 0.235 e. The Morgan fingerprint density at radius 3 is 2.74 bits per heavy atom. The zero-order valence-corrected chi connectivity index (χ0v) is 18.2. The van der Waals surface area contributed by atoms with E-state index >= 15 is 0 Å². The molecule has 0 aliphatic carbocycles. The standard InChI is InChI=1S/C22H23N7OS/c1-16-7-6-10-19(17(16)2)29-22(25-26-27-29)31-15-21(30)24-20-11-13-23-28(20)14-12-18-8-4-3-5-9-18/h3-11,13H,12,14-15H2,1-2H3,(H,24,30). The van der Waals surface area contributed by atoms with Gasteiger partial charge in [-0.3, -0.25) is 4.79 Å². The molecule has 0 bridgehead atoms. The molecule has 2 aromatic heterocycles. The van der Waals surface area contributed by atoms with E-state index in [9.17, 15) is 4.79 Å². The molecule has 0 radical (unpaired) electrons. The molecular formula is C22H23N7OS. The molecule has 9 heteroatoms. The molecule has 8 nitrogen and oxygen atoms in total. The summed E-state index contributed by atoms with van der Waals surface area (Å²) >= 11 is 1.29. The van der Waals surface area contributed by atoms with Crippen molar-refractivity contribution in [2.75, 3.05) is 11.1 Å². The lowest BCUT2D eigenvalue weighted by Gasteiger charge is -2.10. The predicted molar refractivity (Wildman–Crippen MR) is 120 cm³/mol. The van der Waals surface area contributed by atoms with E-state index in [1.807, 2.05) is 50.2 Å². The quantitative estimate of drug-likeness (QED) is 0.428. The first kappa shape index (κ1) is 20.8. The Hall–Kier alpha value is -3.46. The monoisotopic (exact) mass is 433 g/mol. The van der Waals surface area contributed by atoms with E-state index < -0.39 is 0 Å². The van der Waals surface area contributed by atoms with Crippen molar-refractivity contribution in [3.8, 4) is 5.69 Å². The number of tetrazole rings is 1. The van der Waals surface area contributed by atoms with Crippen molar-refractivity contribution in [1.29, 1.82) is 0 Å².